The van der Waals surface area contributed by atoms with Gasteiger partial charge in [0, 0.05) is 29.2 Å². The maximum atomic E-state index is 13.5. The number of hydrogen-bond acceptors (Lipinski definition) is 4. The zero-order valence-electron chi connectivity index (χ0n) is 18.4. The highest BCUT2D eigenvalue weighted by molar-refractivity contribution is 7.92. The van der Waals surface area contributed by atoms with Crippen molar-refractivity contribution in [2.75, 3.05) is 24.2 Å². The zero-order chi connectivity index (χ0) is 24.1. The minimum Gasteiger partial charge on any atom is -0.357 e. The van der Waals surface area contributed by atoms with E-state index in [9.17, 15) is 18.0 Å². The van der Waals surface area contributed by atoms with E-state index in [0.717, 1.165) is 10.6 Å². The highest BCUT2D eigenvalue weighted by Gasteiger charge is 2.32. The lowest BCUT2D eigenvalue weighted by atomic mass is 10.1. The Morgan fingerprint density at radius 1 is 1.06 bits per heavy atom. The molecule has 7 nitrogen and oxygen atoms in total. The van der Waals surface area contributed by atoms with Crippen molar-refractivity contribution in [1.82, 2.24) is 10.2 Å². The summed E-state index contributed by atoms with van der Waals surface area (Å²) in [4.78, 5) is 27.4. The second-order valence-corrected chi connectivity index (χ2v) is 10.0. The number of sulfonamides is 1. The molecule has 2 rings (SSSR count). The molecule has 32 heavy (non-hydrogen) atoms. The highest BCUT2D eigenvalue weighted by Crippen LogP contribution is 2.28. The number of hydrogen-bond donors (Lipinski definition) is 1. The Kier molecular flexibility index (Phi) is 8.95. The van der Waals surface area contributed by atoms with Gasteiger partial charge in [0.05, 0.1) is 11.9 Å². The SMILES string of the molecule is CC[C@H](C(=O)NC)N(Cc1c(Cl)cccc1Cl)C(=O)CN(c1ccccc1C)S(C)(=O)=O. The van der Waals surface area contributed by atoms with Crippen LogP contribution < -0.4 is 9.62 Å². The second kappa shape index (κ2) is 11.0. The van der Waals surface area contributed by atoms with Gasteiger partial charge in [0.2, 0.25) is 21.8 Å². The lowest BCUT2D eigenvalue weighted by Gasteiger charge is -2.33. The summed E-state index contributed by atoms with van der Waals surface area (Å²) >= 11 is 12.6. The van der Waals surface area contributed by atoms with Crippen LogP contribution in [0.25, 0.3) is 0 Å². The summed E-state index contributed by atoms with van der Waals surface area (Å²) in [5, 5.41) is 3.26. The van der Waals surface area contributed by atoms with Crippen LogP contribution in [-0.4, -0.2) is 51.0 Å². The van der Waals surface area contributed by atoms with Gasteiger partial charge in [0.25, 0.3) is 0 Å². The first-order valence-electron chi connectivity index (χ1n) is 9.98. The predicted molar refractivity (Wildman–Crippen MR) is 129 cm³/mol. The van der Waals surface area contributed by atoms with Crippen LogP contribution in [0.1, 0.15) is 24.5 Å². The molecule has 0 bridgehead atoms. The summed E-state index contributed by atoms with van der Waals surface area (Å²) in [7, 11) is -2.30. The Balaban J connectivity index is 2.50. The molecular weight excluding hydrogens is 473 g/mol. The average molecular weight is 500 g/mol. The molecule has 2 aromatic carbocycles. The maximum absolute atomic E-state index is 13.5. The molecule has 0 spiro atoms. The normalized spacial score (nSPS) is 12.2. The van der Waals surface area contributed by atoms with Gasteiger partial charge in [-0.05, 0) is 37.1 Å². The largest absolute Gasteiger partial charge is 0.357 e. The van der Waals surface area contributed by atoms with Gasteiger partial charge in [-0.2, -0.15) is 0 Å². The van der Waals surface area contributed by atoms with Crippen LogP contribution in [0.15, 0.2) is 42.5 Å². The van der Waals surface area contributed by atoms with Crippen LogP contribution in [0.4, 0.5) is 5.69 Å². The van der Waals surface area contributed by atoms with Crippen molar-refractivity contribution in [2.24, 2.45) is 0 Å². The third-order valence-corrected chi connectivity index (χ3v) is 6.92. The van der Waals surface area contributed by atoms with E-state index in [2.05, 4.69) is 5.32 Å². The van der Waals surface area contributed by atoms with Crippen LogP contribution in [0.3, 0.4) is 0 Å². The number of carbonyl (C=O) groups is 2. The van der Waals surface area contributed by atoms with Crippen molar-refractivity contribution in [3.05, 3.63) is 63.6 Å². The monoisotopic (exact) mass is 499 g/mol. The standard InChI is InChI=1S/C22H27Cl2N3O4S/c1-5-19(22(29)25-3)26(13-16-17(23)10-8-11-18(16)24)21(28)14-27(32(4,30)31)20-12-7-6-9-15(20)2/h6-12,19H,5,13-14H2,1-4H3,(H,25,29)/t19-/m1/s1. The minimum absolute atomic E-state index is 0.0470. The summed E-state index contributed by atoms with van der Waals surface area (Å²) in [6.45, 7) is 3.01. The molecule has 0 aliphatic heterocycles. The summed E-state index contributed by atoms with van der Waals surface area (Å²) in [6, 6.07) is 11.0. The van der Waals surface area contributed by atoms with E-state index < -0.39 is 28.5 Å². The van der Waals surface area contributed by atoms with Crippen molar-refractivity contribution in [2.45, 2.75) is 32.9 Å². The molecule has 1 atom stereocenters. The van der Waals surface area contributed by atoms with Crippen LogP contribution >= 0.6 is 23.2 Å². The van der Waals surface area contributed by atoms with E-state index in [4.69, 9.17) is 23.2 Å². The van der Waals surface area contributed by atoms with E-state index >= 15 is 0 Å². The van der Waals surface area contributed by atoms with Crippen LogP contribution in [0.5, 0.6) is 0 Å². The van der Waals surface area contributed by atoms with E-state index in [1.807, 2.05) is 0 Å². The van der Waals surface area contributed by atoms with Crippen molar-refractivity contribution < 1.29 is 18.0 Å². The maximum Gasteiger partial charge on any atom is 0.244 e. The number of carbonyl (C=O) groups excluding carboxylic acids is 2. The molecule has 0 aliphatic carbocycles. The molecule has 0 aromatic heterocycles. The molecule has 0 radical (unpaired) electrons. The Morgan fingerprint density at radius 3 is 2.16 bits per heavy atom. The van der Waals surface area contributed by atoms with Crippen molar-refractivity contribution in [3.63, 3.8) is 0 Å². The molecule has 174 valence electrons. The highest BCUT2D eigenvalue weighted by atomic mass is 35.5. The molecule has 0 fully saturated rings. The van der Waals surface area contributed by atoms with Gasteiger partial charge < -0.3 is 10.2 Å². The molecule has 1 N–H and O–H groups in total. The minimum atomic E-state index is -3.78. The topological polar surface area (TPSA) is 86.8 Å². The zero-order valence-corrected chi connectivity index (χ0v) is 20.8. The quantitative estimate of drug-likeness (QED) is 0.570. The lowest BCUT2D eigenvalue weighted by molar-refractivity contribution is -0.140. The molecule has 2 aromatic rings. The Bertz CT molecular complexity index is 1070. The number of nitrogens with zero attached hydrogens (tertiary/aromatic N) is 2. The number of nitrogens with one attached hydrogen (secondary N) is 1. The number of aryl methyl sites for hydroxylation is 1. The third-order valence-electron chi connectivity index (χ3n) is 5.09. The number of rotatable bonds is 9. The summed E-state index contributed by atoms with van der Waals surface area (Å²) in [5.41, 5.74) is 1.57. The molecule has 0 aliphatic rings. The summed E-state index contributed by atoms with van der Waals surface area (Å²) in [5.74, 6) is -0.920. The molecule has 2 amide bonds. The van der Waals surface area contributed by atoms with Crippen molar-refractivity contribution in [3.8, 4) is 0 Å². The number of benzene rings is 2. The number of anilines is 1. The second-order valence-electron chi connectivity index (χ2n) is 7.32. The molecule has 0 heterocycles. The van der Waals surface area contributed by atoms with Crippen molar-refractivity contribution in [1.29, 1.82) is 0 Å². The van der Waals surface area contributed by atoms with Gasteiger partial charge in [-0.25, -0.2) is 8.42 Å². The molecule has 10 heteroatoms. The fourth-order valence-electron chi connectivity index (χ4n) is 3.38. The van der Waals surface area contributed by atoms with Crippen molar-refractivity contribution >= 4 is 50.7 Å². The molecular formula is C22H27Cl2N3O4S. The number of likely N-dealkylation sites (N-methyl/N-ethyl adjacent to an activating group) is 1. The first-order valence-corrected chi connectivity index (χ1v) is 12.6. The van der Waals surface area contributed by atoms with Gasteiger partial charge in [-0.1, -0.05) is 54.4 Å². The van der Waals surface area contributed by atoms with E-state index in [-0.39, 0.29) is 12.5 Å². The predicted octanol–water partition coefficient (Wildman–Crippen LogP) is 3.62. The fourth-order valence-corrected chi connectivity index (χ4v) is 4.80. The first-order chi connectivity index (χ1) is 15.0. The summed E-state index contributed by atoms with van der Waals surface area (Å²) < 4.78 is 26.2. The molecule has 0 saturated heterocycles. The lowest BCUT2D eigenvalue weighted by Crippen LogP contribution is -2.51. The Labute approximate surface area is 199 Å². The van der Waals surface area contributed by atoms with E-state index in [1.165, 1.54) is 11.9 Å². The van der Waals surface area contributed by atoms with Gasteiger partial charge >= 0.3 is 0 Å². The van der Waals surface area contributed by atoms with Crippen LogP contribution in [0, 0.1) is 6.92 Å². The fraction of sp³-hybridized carbons (Fsp3) is 0.364. The first kappa shape index (κ1) is 26.0. The molecule has 0 unspecified atom stereocenters. The third kappa shape index (κ3) is 6.15. The van der Waals surface area contributed by atoms with E-state index in [0.29, 0.717) is 33.3 Å². The van der Waals surface area contributed by atoms with Gasteiger partial charge in [-0.15, -0.1) is 0 Å². The number of amides is 2. The number of para-hydroxylation sites is 1. The smallest absolute Gasteiger partial charge is 0.244 e. The van der Waals surface area contributed by atoms with Crippen LogP contribution in [0.2, 0.25) is 10.0 Å². The van der Waals surface area contributed by atoms with Gasteiger partial charge in [-0.3, -0.25) is 13.9 Å². The molecule has 0 saturated carbocycles. The average Bonchev–Trinajstić information content (AvgIpc) is 2.73. The van der Waals surface area contributed by atoms with E-state index in [1.54, 1.807) is 56.3 Å². The Morgan fingerprint density at radius 2 is 1.66 bits per heavy atom. The number of halogens is 2. The van der Waals surface area contributed by atoms with Gasteiger partial charge in [0.15, 0.2) is 0 Å². The summed E-state index contributed by atoms with van der Waals surface area (Å²) in [6.07, 6.45) is 1.36. The Hall–Kier alpha value is -2.29. The van der Waals surface area contributed by atoms with Gasteiger partial charge in [0.1, 0.15) is 12.6 Å². The van der Waals surface area contributed by atoms with Crippen LogP contribution in [-0.2, 0) is 26.2 Å².